The second kappa shape index (κ2) is 4.35. The molecule has 2 fully saturated rings. The zero-order chi connectivity index (χ0) is 10.1. The van der Waals surface area contributed by atoms with Crippen LogP contribution in [0.5, 0.6) is 0 Å². The van der Waals surface area contributed by atoms with Gasteiger partial charge in [0.2, 0.25) is 0 Å². The molecular weight excluding hydrogens is 293 g/mol. The number of nitrogens with one attached hydrogen (secondary N) is 1. The summed E-state index contributed by atoms with van der Waals surface area (Å²) < 4.78 is 5.21. The highest BCUT2D eigenvalue weighted by Gasteiger charge is 2.45. The van der Waals surface area contributed by atoms with Gasteiger partial charge in [0.1, 0.15) is 6.04 Å². The first-order chi connectivity index (χ1) is 6.74. The molecule has 0 aromatic carbocycles. The van der Waals surface area contributed by atoms with Gasteiger partial charge >= 0.3 is 5.97 Å². The van der Waals surface area contributed by atoms with Gasteiger partial charge in [-0.05, 0) is 18.8 Å². The van der Waals surface area contributed by atoms with Crippen molar-refractivity contribution in [3.8, 4) is 0 Å². The summed E-state index contributed by atoms with van der Waals surface area (Å²) >= 11 is 2.40. The molecule has 4 unspecified atom stereocenters. The molecule has 1 N–H and O–H groups in total. The van der Waals surface area contributed by atoms with Crippen LogP contribution in [0.2, 0.25) is 0 Å². The fourth-order valence-electron chi connectivity index (χ4n) is 2.64. The molecular formula is C10H16INO2. The molecule has 2 rings (SSSR count). The highest BCUT2D eigenvalue weighted by molar-refractivity contribution is 14.1. The highest BCUT2D eigenvalue weighted by Crippen LogP contribution is 2.37. The molecule has 0 aromatic heterocycles. The summed E-state index contributed by atoms with van der Waals surface area (Å²) in [4.78, 5) is 11.5. The van der Waals surface area contributed by atoms with Crippen molar-refractivity contribution in [3.05, 3.63) is 0 Å². The number of ether oxygens (including phenoxy) is 1. The SMILES string of the molecule is COC(=O)C1NC2CCCCC2C1I. The van der Waals surface area contributed by atoms with E-state index >= 15 is 0 Å². The summed E-state index contributed by atoms with van der Waals surface area (Å²) in [7, 11) is 1.47. The third kappa shape index (κ3) is 1.78. The van der Waals surface area contributed by atoms with E-state index in [1.165, 1.54) is 32.8 Å². The van der Waals surface area contributed by atoms with Crippen LogP contribution in [0.3, 0.4) is 0 Å². The number of halogens is 1. The highest BCUT2D eigenvalue weighted by atomic mass is 127. The van der Waals surface area contributed by atoms with E-state index in [4.69, 9.17) is 4.74 Å². The number of alkyl halides is 1. The van der Waals surface area contributed by atoms with E-state index in [2.05, 4.69) is 27.9 Å². The van der Waals surface area contributed by atoms with E-state index < -0.39 is 0 Å². The van der Waals surface area contributed by atoms with Crippen molar-refractivity contribution in [3.63, 3.8) is 0 Å². The molecule has 4 heteroatoms. The van der Waals surface area contributed by atoms with Gasteiger partial charge in [0.25, 0.3) is 0 Å². The number of fused-ring (bicyclic) bond motifs is 1. The Balaban J connectivity index is 2.06. The molecule has 2 aliphatic rings. The lowest BCUT2D eigenvalue weighted by molar-refractivity contribution is -0.142. The zero-order valence-corrected chi connectivity index (χ0v) is 10.5. The van der Waals surface area contributed by atoms with Gasteiger partial charge < -0.3 is 10.1 Å². The molecule has 80 valence electrons. The number of methoxy groups -OCH3 is 1. The maximum atomic E-state index is 11.5. The van der Waals surface area contributed by atoms with Crippen LogP contribution in [0.1, 0.15) is 25.7 Å². The Morgan fingerprint density at radius 3 is 2.79 bits per heavy atom. The van der Waals surface area contributed by atoms with Gasteiger partial charge in [-0.1, -0.05) is 35.4 Å². The Bertz CT molecular complexity index is 234. The van der Waals surface area contributed by atoms with Crippen molar-refractivity contribution in [1.82, 2.24) is 5.32 Å². The average Bonchev–Trinajstić information content (AvgIpc) is 2.56. The molecule has 0 amide bonds. The lowest BCUT2D eigenvalue weighted by Gasteiger charge is -2.25. The molecule has 1 saturated carbocycles. The van der Waals surface area contributed by atoms with Gasteiger partial charge in [0.05, 0.1) is 7.11 Å². The molecule has 1 saturated heterocycles. The zero-order valence-electron chi connectivity index (χ0n) is 8.33. The minimum atomic E-state index is -0.0983. The fraction of sp³-hybridized carbons (Fsp3) is 0.900. The number of esters is 1. The lowest BCUT2D eigenvalue weighted by atomic mass is 9.85. The van der Waals surface area contributed by atoms with Crippen molar-refractivity contribution in [2.24, 2.45) is 5.92 Å². The number of hydrogen-bond donors (Lipinski definition) is 1. The predicted octanol–water partition coefficient (Wildman–Crippen LogP) is 1.49. The molecule has 4 atom stereocenters. The minimum absolute atomic E-state index is 0.0753. The molecule has 1 heterocycles. The van der Waals surface area contributed by atoms with Crippen molar-refractivity contribution < 1.29 is 9.53 Å². The van der Waals surface area contributed by atoms with E-state index in [0.29, 0.717) is 15.9 Å². The second-order valence-corrected chi connectivity index (χ2v) is 5.61. The van der Waals surface area contributed by atoms with Crippen LogP contribution in [0.25, 0.3) is 0 Å². The van der Waals surface area contributed by atoms with Crippen LogP contribution in [-0.2, 0) is 9.53 Å². The number of hydrogen-bond acceptors (Lipinski definition) is 3. The first kappa shape index (κ1) is 10.7. The Hall–Kier alpha value is 0.160. The van der Waals surface area contributed by atoms with E-state index in [1.807, 2.05) is 0 Å². The summed E-state index contributed by atoms with van der Waals surface area (Å²) in [6.45, 7) is 0. The Labute approximate surface area is 98.1 Å². The van der Waals surface area contributed by atoms with Gasteiger partial charge in [0.15, 0.2) is 0 Å². The molecule has 0 aromatic rings. The van der Waals surface area contributed by atoms with Gasteiger partial charge in [-0.3, -0.25) is 4.79 Å². The smallest absolute Gasteiger partial charge is 0.323 e. The quantitative estimate of drug-likeness (QED) is 0.453. The first-order valence-electron chi connectivity index (χ1n) is 5.22. The lowest BCUT2D eigenvalue weighted by Crippen LogP contribution is -2.39. The van der Waals surface area contributed by atoms with Crippen molar-refractivity contribution in [1.29, 1.82) is 0 Å². The first-order valence-corrected chi connectivity index (χ1v) is 6.46. The third-order valence-electron chi connectivity index (χ3n) is 3.40. The topological polar surface area (TPSA) is 38.3 Å². The van der Waals surface area contributed by atoms with E-state index in [9.17, 15) is 4.79 Å². The van der Waals surface area contributed by atoms with Crippen LogP contribution in [0.4, 0.5) is 0 Å². The van der Waals surface area contributed by atoms with Gasteiger partial charge in [-0.2, -0.15) is 0 Å². The number of carbonyl (C=O) groups is 1. The maximum Gasteiger partial charge on any atom is 0.323 e. The van der Waals surface area contributed by atoms with Gasteiger partial charge in [0, 0.05) is 9.97 Å². The Morgan fingerprint density at radius 1 is 1.43 bits per heavy atom. The largest absolute Gasteiger partial charge is 0.468 e. The summed E-state index contributed by atoms with van der Waals surface area (Å²) in [5, 5.41) is 3.41. The molecule has 0 radical (unpaired) electrons. The number of carbonyl (C=O) groups excluding carboxylic acids is 1. The molecule has 0 bridgehead atoms. The summed E-state index contributed by atoms with van der Waals surface area (Å²) in [6, 6.07) is 0.475. The molecule has 1 aliphatic carbocycles. The monoisotopic (exact) mass is 309 g/mol. The summed E-state index contributed by atoms with van der Waals surface area (Å²) in [5.41, 5.74) is 0. The second-order valence-electron chi connectivity index (χ2n) is 4.17. The Kier molecular flexibility index (Phi) is 3.31. The Morgan fingerprint density at radius 2 is 2.14 bits per heavy atom. The van der Waals surface area contributed by atoms with Gasteiger partial charge in [-0.15, -0.1) is 0 Å². The van der Waals surface area contributed by atoms with Crippen LogP contribution < -0.4 is 5.32 Å². The number of rotatable bonds is 1. The van der Waals surface area contributed by atoms with Crippen LogP contribution in [0, 0.1) is 5.92 Å². The molecule has 3 nitrogen and oxygen atoms in total. The van der Waals surface area contributed by atoms with E-state index in [0.717, 1.165) is 0 Å². The predicted molar refractivity (Wildman–Crippen MR) is 62.5 cm³/mol. The molecule has 1 aliphatic heterocycles. The maximum absolute atomic E-state index is 11.5. The normalized spacial score (nSPS) is 41.9. The molecule has 14 heavy (non-hydrogen) atoms. The van der Waals surface area contributed by atoms with Crippen molar-refractivity contribution >= 4 is 28.6 Å². The summed E-state index contributed by atoms with van der Waals surface area (Å²) in [6.07, 6.45) is 5.10. The third-order valence-corrected chi connectivity index (χ3v) is 5.04. The average molecular weight is 309 g/mol. The van der Waals surface area contributed by atoms with Crippen LogP contribution in [0.15, 0.2) is 0 Å². The fourth-order valence-corrected chi connectivity index (χ4v) is 4.00. The van der Waals surface area contributed by atoms with Crippen molar-refractivity contribution in [2.75, 3.05) is 7.11 Å². The van der Waals surface area contributed by atoms with Crippen LogP contribution >= 0.6 is 22.6 Å². The van der Waals surface area contributed by atoms with E-state index in [1.54, 1.807) is 0 Å². The standard InChI is InChI=1S/C10H16INO2/c1-14-10(13)9-8(11)6-4-2-3-5-7(6)12-9/h6-9,12H,2-5H2,1H3. The summed E-state index contributed by atoms with van der Waals surface area (Å²) in [5.74, 6) is 0.576. The van der Waals surface area contributed by atoms with Crippen molar-refractivity contribution in [2.45, 2.75) is 41.7 Å². The van der Waals surface area contributed by atoms with E-state index in [-0.39, 0.29) is 12.0 Å². The van der Waals surface area contributed by atoms with Crippen LogP contribution in [-0.4, -0.2) is 29.1 Å². The van der Waals surface area contributed by atoms with Gasteiger partial charge in [-0.25, -0.2) is 0 Å². The minimum Gasteiger partial charge on any atom is -0.468 e. The molecule has 0 spiro atoms.